The molecule has 224 valence electrons. The van der Waals surface area contributed by atoms with Gasteiger partial charge in [0.15, 0.2) is 0 Å². The maximum atomic E-state index is 14.6. The van der Waals surface area contributed by atoms with Crippen LogP contribution in [-0.2, 0) is 28.7 Å². The number of benzene rings is 2. The molecule has 0 radical (unpaired) electrons. The molecule has 43 heavy (non-hydrogen) atoms. The Bertz CT molecular complexity index is 1550. The van der Waals surface area contributed by atoms with E-state index >= 15 is 0 Å². The summed E-state index contributed by atoms with van der Waals surface area (Å²) in [5.74, 6) is -1.65. The number of rotatable bonds is 3. The van der Waals surface area contributed by atoms with Gasteiger partial charge in [-0.25, -0.2) is 0 Å². The summed E-state index contributed by atoms with van der Waals surface area (Å²) in [5, 5.41) is 0. The maximum absolute atomic E-state index is 14.6. The zero-order valence-corrected chi connectivity index (χ0v) is 27.9. The first-order valence-electron chi connectivity index (χ1n) is 13.4. The van der Waals surface area contributed by atoms with Crippen molar-refractivity contribution >= 4 is 9.58 Å². The van der Waals surface area contributed by atoms with Gasteiger partial charge in [-0.05, 0) is 45.8 Å². The van der Waals surface area contributed by atoms with Crippen molar-refractivity contribution in [3.05, 3.63) is 126 Å². The van der Waals surface area contributed by atoms with Crippen LogP contribution in [0.5, 0.6) is 0 Å². The van der Waals surface area contributed by atoms with Crippen LogP contribution in [0.2, 0.25) is 0 Å². The van der Waals surface area contributed by atoms with E-state index in [0.717, 1.165) is 28.5 Å². The topological polar surface area (TPSA) is 38.7 Å². The Morgan fingerprint density at radius 1 is 0.628 bits per heavy atom. The Balaban J connectivity index is 0.000000280. The third-order valence-electron chi connectivity index (χ3n) is 6.46. The minimum atomic E-state index is -0.688. The van der Waals surface area contributed by atoms with Crippen LogP contribution in [0.15, 0.2) is 85.3 Å². The molecule has 0 saturated heterocycles. The van der Waals surface area contributed by atoms with Crippen molar-refractivity contribution in [1.82, 2.24) is 15.0 Å². The third-order valence-corrected chi connectivity index (χ3v) is 6.46. The fourth-order valence-electron chi connectivity index (χ4n) is 4.03. The predicted molar refractivity (Wildman–Crippen MR) is 163 cm³/mol. The van der Waals surface area contributed by atoms with Gasteiger partial charge >= 0.3 is 27.5 Å². The summed E-state index contributed by atoms with van der Waals surface area (Å²) in [6.07, 6.45) is 4.99. The molecule has 0 fully saturated rings. The van der Waals surface area contributed by atoms with Gasteiger partial charge in [-0.15, -0.1) is 35.9 Å². The van der Waals surface area contributed by atoms with Gasteiger partial charge in [0, 0.05) is 35.8 Å². The summed E-state index contributed by atoms with van der Waals surface area (Å²) < 4.78 is 41.7. The molecule has 3 heterocycles. The molecule has 2 aromatic carbocycles. The molecule has 3 nitrogen and oxygen atoms in total. The number of pyridine rings is 3. The summed E-state index contributed by atoms with van der Waals surface area (Å²) in [4.78, 5) is 12.7. The summed E-state index contributed by atoms with van der Waals surface area (Å²) >= 11 is 1.47. The van der Waals surface area contributed by atoms with Gasteiger partial charge in [-0.2, -0.15) is 0 Å². The van der Waals surface area contributed by atoms with E-state index in [1.807, 2.05) is 42.5 Å². The van der Waals surface area contributed by atoms with E-state index in [0.29, 0.717) is 11.4 Å². The summed E-state index contributed by atoms with van der Waals surface area (Å²) in [6.45, 7) is 12.4. The fraction of sp³-hybridized carbons (Fsp3) is 0.229. The summed E-state index contributed by atoms with van der Waals surface area (Å²) in [6, 6.07) is 24.0. The average molecular weight is 779 g/mol. The molecule has 0 aliphatic rings. The molecule has 0 N–H and O–H groups in total. The normalized spacial score (nSPS) is 11.1. The van der Waals surface area contributed by atoms with Crippen LogP contribution in [0.3, 0.4) is 0 Å². The Morgan fingerprint density at radius 2 is 1.14 bits per heavy atom. The Labute approximate surface area is 266 Å². The van der Waals surface area contributed by atoms with E-state index in [-0.39, 0.29) is 27.8 Å². The molecule has 0 bridgehead atoms. The van der Waals surface area contributed by atoms with Gasteiger partial charge in [0.1, 0.15) is 0 Å². The van der Waals surface area contributed by atoms with Crippen LogP contribution < -0.4 is 0 Å². The molecule has 5 aromatic rings. The first-order chi connectivity index (χ1) is 20.3. The van der Waals surface area contributed by atoms with E-state index < -0.39 is 11.6 Å². The average Bonchev–Trinajstić information content (AvgIpc) is 2.99. The Morgan fingerprint density at radius 3 is 1.56 bits per heavy atom. The molecule has 0 unspecified atom stereocenters. The van der Waals surface area contributed by atoms with Crippen LogP contribution in [0.25, 0.3) is 33.8 Å². The van der Waals surface area contributed by atoms with Gasteiger partial charge in [0.2, 0.25) is 0 Å². The van der Waals surface area contributed by atoms with Crippen molar-refractivity contribution in [3.63, 3.8) is 0 Å². The molecule has 0 aliphatic carbocycles. The van der Waals surface area contributed by atoms with E-state index in [1.54, 1.807) is 24.7 Å². The molecule has 0 aliphatic heterocycles. The molecule has 0 atom stereocenters. The molecule has 0 amide bonds. The van der Waals surface area contributed by atoms with Crippen LogP contribution in [0.4, 0.5) is 13.2 Å². The minimum absolute atomic E-state index is 0.111. The second-order valence-electron chi connectivity index (χ2n) is 11.7. The third kappa shape index (κ3) is 9.30. The van der Waals surface area contributed by atoms with Gasteiger partial charge in [-0.3, -0.25) is 23.1 Å². The quantitative estimate of drug-likeness (QED) is 0.171. The van der Waals surface area contributed by atoms with E-state index in [2.05, 4.69) is 78.2 Å². The Hall–Kier alpha value is -3.38. The van der Waals surface area contributed by atoms with Gasteiger partial charge in [-0.1, -0.05) is 83.0 Å². The van der Waals surface area contributed by atoms with E-state index in [9.17, 15) is 13.2 Å². The number of hydrogen-bond acceptors (Lipinski definition) is 3. The van der Waals surface area contributed by atoms with Gasteiger partial charge in [0.05, 0.1) is 11.6 Å². The first-order valence-corrected chi connectivity index (χ1v) is 16.4. The molecule has 8 heteroatoms. The van der Waals surface area contributed by atoms with Crippen LogP contribution >= 0.6 is 9.58 Å². The molecule has 3 aromatic heterocycles. The fourth-order valence-corrected chi connectivity index (χ4v) is 4.03. The van der Waals surface area contributed by atoms with Crippen LogP contribution in [0, 0.1) is 29.6 Å². The van der Waals surface area contributed by atoms with Crippen molar-refractivity contribution < 1.29 is 31.1 Å². The standard InChI is InChI=1S/C24H25F2N2.C11H7FN.ClH.Ir/c1-23(2,3)15-7-9-27-21(11-15)17-13-18(20(26)14-19(17)25)22-12-16(8-10-28-22)24(4,5)6;12-10-6-4-9(5-7-10)11-3-1-2-8-13-11;;/h7-12,14H,1-6H3;1-4,6-8H;1H;/q2*-1;;+3/p-1. The van der Waals surface area contributed by atoms with Crippen molar-refractivity contribution in [1.29, 1.82) is 0 Å². The molecule has 5 rings (SSSR count). The zero-order chi connectivity index (χ0) is 31.8. The van der Waals surface area contributed by atoms with Crippen molar-refractivity contribution in [3.8, 4) is 33.8 Å². The van der Waals surface area contributed by atoms with E-state index in [1.165, 1.54) is 30.0 Å². The van der Waals surface area contributed by atoms with Gasteiger partial charge < -0.3 is 4.98 Å². The van der Waals surface area contributed by atoms with Crippen molar-refractivity contribution in [2.45, 2.75) is 52.4 Å². The molecule has 0 spiro atoms. The molecule has 0 saturated carbocycles. The predicted octanol–water partition coefficient (Wildman–Crippen LogP) is 9.86. The SMILES string of the molecule is CC(C)(C)c1ccnc(-c2[c-]c(-c3cc(C(C)(C)C)ccn3)c(F)cc2F)c1.Fc1c[c-]c(-c2ccccn2)cc1.[Cl][Ir+2]. The van der Waals surface area contributed by atoms with Crippen molar-refractivity contribution in [2.75, 3.05) is 0 Å². The number of aromatic nitrogens is 3. The summed E-state index contributed by atoms with van der Waals surface area (Å²) in [5.41, 5.74) is 4.57. The van der Waals surface area contributed by atoms with Gasteiger partial charge in [0.25, 0.3) is 0 Å². The van der Waals surface area contributed by atoms with Crippen LogP contribution in [0.1, 0.15) is 52.7 Å². The second kappa shape index (κ2) is 14.9. The molecular weight excluding hydrogens is 747 g/mol. The summed E-state index contributed by atoms with van der Waals surface area (Å²) in [7, 11) is 4.64. The monoisotopic (exact) mass is 779 g/mol. The first kappa shape index (κ1) is 34.1. The number of nitrogens with zero attached hydrogens (tertiary/aromatic N) is 3. The van der Waals surface area contributed by atoms with E-state index in [4.69, 9.17) is 0 Å². The number of halogens is 4. The Kier molecular flexibility index (Phi) is 11.8. The molecular formula is C35H32ClF3IrN3. The number of hydrogen-bond donors (Lipinski definition) is 0. The van der Waals surface area contributed by atoms with Crippen molar-refractivity contribution in [2.24, 2.45) is 0 Å². The zero-order valence-electron chi connectivity index (χ0n) is 24.8. The van der Waals surface area contributed by atoms with Crippen LogP contribution in [-0.4, -0.2) is 15.0 Å². The second-order valence-corrected chi connectivity index (χ2v) is 11.7.